The van der Waals surface area contributed by atoms with E-state index in [-0.39, 0.29) is 30.0 Å². The van der Waals surface area contributed by atoms with E-state index in [0.29, 0.717) is 31.9 Å². The molecule has 0 atom stereocenters. The lowest BCUT2D eigenvalue weighted by Gasteiger charge is -2.34. The van der Waals surface area contributed by atoms with Crippen LogP contribution in [0.3, 0.4) is 0 Å². The summed E-state index contributed by atoms with van der Waals surface area (Å²) in [6, 6.07) is 12.1. The first-order valence-electron chi connectivity index (χ1n) is 9.13. The maximum atomic E-state index is 12.3. The zero-order valence-electron chi connectivity index (χ0n) is 16.0. The number of methoxy groups -OCH3 is 1. The van der Waals surface area contributed by atoms with Crippen molar-refractivity contribution in [2.45, 2.75) is 0 Å². The Balaban J connectivity index is 1.45. The number of pyridine rings is 1. The number of urea groups is 1. The molecule has 2 aromatic rings. The van der Waals surface area contributed by atoms with Crippen molar-refractivity contribution in [2.75, 3.05) is 45.2 Å². The number of amides is 3. The van der Waals surface area contributed by atoms with Gasteiger partial charge in [0, 0.05) is 38.1 Å². The SMILES string of the molecule is COc1ncccc1C(=O)OCC(=O)N1CCN(C(=O)Nc2ccccc2)CC1. The highest BCUT2D eigenvalue weighted by molar-refractivity contribution is 5.93. The monoisotopic (exact) mass is 398 g/mol. The van der Waals surface area contributed by atoms with Gasteiger partial charge in [-0.3, -0.25) is 4.79 Å². The lowest BCUT2D eigenvalue weighted by molar-refractivity contribution is -0.135. The Labute approximate surface area is 168 Å². The van der Waals surface area contributed by atoms with Crippen LogP contribution in [-0.4, -0.2) is 72.6 Å². The summed E-state index contributed by atoms with van der Waals surface area (Å²) in [5.74, 6) is -0.850. The summed E-state index contributed by atoms with van der Waals surface area (Å²) in [6.45, 7) is 1.15. The highest BCUT2D eigenvalue weighted by atomic mass is 16.5. The normalized spacial score (nSPS) is 13.6. The minimum absolute atomic E-state index is 0.142. The van der Waals surface area contributed by atoms with Crippen LogP contribution in [0.5, 0.6) is 5.88 Å². The van der Waals surface area contributed by atoms with Gasteiger partial charge < -0.3 is 24.6 Å². The van der Waals surface area contributed by atoms with Crippen LogP contribution >= 0.6 is 0 Å². The molecule has 1 fully saturated rings. The number of benzene rings is 1. The van der Waals surface area contributed by atoms with Crippen LogP contribution in [0.2, 0.25) is 0 Å². The number of aromatic nitrogens is 1. The Morgan fingerprint density at radius 3 is 2.38 bits per heavy atom. The molecule has 2 heterocycles. The van der Waals surface area contributed by atoms with E-state index in [4.69, 9.17) is 9.47 Å². The van der Waals surface area contributed by atoms with Gasteiger partial charge >= 0.3 is 12.0 Å². The van der Waals surface area contributed by atoms with Gasteiger partial charge in [-0.05, 0) is 24.3 Å². The third kappa shape index (κ3) is 5.22. The lowest BCUT2D eigenvalue weighted by atomic mass is 10.3. The van der Waals surface area contributed by atoms with Gasteiger partial charge in [0.05, 0.1) is 7.11 Å². The second kappa shape index (κ2) is 9.54. The molecular formula is C20H22N4O5. The first kappa shape index (κ1) is 20.1. The quantitative estimate of drug-likeness (QED) is 0.768. The number of carbonyl (C=O) groups excluding carboxylic acids is 3. The van der Waals surface area contributed by atoms with Gasteiger partial charge in [-0.15, -0.1) is 0 Å². The molecule has 0 bridgehead atoms. The minimum atomic E-state index is -0.677. The Morgan fingerprint density at radius 2 is 1.69 bits per heavy atom. The highest BCUT2D eigenvalue weighted by Crippen LogP contribution is 2.15. The van der Waals surface area contributed by atoms with Gasteiger partial charge in [-0.1, -0.05) is 18.2 Å². The molecule has 1 saturated heterocycles. The molecule has 1 aromatic heterocycles. The van der Waals surface area contributed by atoms with E-state index < -0.39 is 5.97 Å². The second-order valence-corrected chi connectivity index (χ2v) is 6.30. The number of nitrogens with zero attached hydrogens (tertiary/aromatic N) is 3. The predicted octanol–water partition coefficient (Wildman–Crippen LogP) is 1.62. The van der Waals surface area contributed by atoms with Crippen molar-refractivity contribution < 1.29 is 23.9 Å². The van der Waals surface area contributed by atoms with Crippen molar-refractivity contribution in [1.29, 1.82) is 0 Å². The maximum absolute atomic E-state index is 12.3. The van der Waals surface area contributed by atoms with E-state index in [1.165, 1.54) is 19.4 Å². The smallest absolute Gasteiger partial charge is 0.344 e. The van der Waals surface area contributed by atoms with E-state index in [1.54, 1.807) is 15.9 Å². The Morgan fingerprint density at radius 1 is 1.00 bits per heavy atom. The van der Waals surface area contributed by atoms with Crippen LogP contribution in [0.4, 0.5) is 10.5 Å². The Kier molecular flexibility index (Phi) is 6.62. The largest absolute Gasteiger partial charge is 0.480 e. The predicted molar refractivity (Wildman–Crippen MR) is 105 cm³/mol. The van der Waals surface area contributed by atoms with Gasteiger partial charge in [-0.25, -0.2) is 14.6 Å². The number of para-hydroxylation sites is 1. The fourth-order valence-corrected chi connectivity index (χ4v) is 2.89. The molecule has 9 heteroatoms. The van der Waals surface area contributed by atoms with Gasteiger partial charge in [0.25, 0.3) is 5.91 Å². The molecule has 1 aliphatic rings. The van der Waals surface area contributed by atoms with Gasteiger partial charge in [-0.2, -0.15) is 0 Å². The lowest BCUT2D eigenvalue weighted by Crippen LogP contribution is -2.52. The van der Waals surface area contributed by atoms with Crippen molar-refractivity contribution in [1.82, 2.24) is 14.8 Å². The summed E-state index contributed by atoms with van der Waals surface area (Å²) in [4.78, 5) is 43.9. The number of nitrogens with one attached hydrogen (secondary N) is 1. The van der Waals surface area contributed by atoms with E-state index in [9.17, 15) is 14.4 Å². The zero-order chi connectivity index (χ0) is 20.6. The molecule has 0 spiro atoms. The number of hydrogen-bond donors (Lipinski definition) is 1. The molecule has 0 aliphatic carbocycles. The van der Waals surface area contributed by atoms with Crippen molar-refractivity contribution in [3.05, 3.63) is 54.2 Å². The van der Waals surface area contributed by atoms with Crippen molar-refractivity contribution in [3.8, 4) is 5.88 Å². The third-order valence-corrected chi connectivity index (χ3v) is 4.46. The van der Waals surface area contributed by atoms with Crippen molar-refractivity contribution >= 4 is 23.6 Å². The standard InChI is InChI=1S/C20H22N4O5/c1-28-18-16(8-5-9-21-18)19(26)29-14-17(25)23-10-12-24(13-11-23)20(27)22-15-6-3-2-4-7-15/h2-9H,10-14H2,1H3,(H,22,27). The minimum Gasteiger partial charge on any atom is -0.480 e. The third-order valence-electron chi connectivity index (χ3n) is 4.46. The number of hydrogen-bond acceptors (Lipinski definition) is 6. The number of esters is 1. The molecule has 1 aromatic carbocycles. The van der Waals surface area contributed by atoms with E-state index in [1.807, 2.05) is 30.3 Å². The molecule has 0 saturated carbocycles. The first-order chi connectivity index (χ1) is 14.1. The Hall–Kier alpha value is -3.62. The first-order valence-corrected chi connectivity index (χ1v) is 9.13. The summed E-state index contributed by atoms with van der Waals surface area (Å²) < 4.78 is 10.1. The van der Waals surface area contributed by atoms with Crippen LogP contribution in [-0.2, 0) is 9.53 Å². The molecule has 0 radical (unpaired) electrons. The molecule has 3 rings (SSSR count). The summed E-state index contributed by atoms with van der Waals surface area (Å²) >= 11 is 0. The molecule has 152 valence electrons. The zero-order valence-corrected chi connectivity index (χ0v) is 16.0. The average Bonchev–Trinajstić information content (AvgIpc) is 2.78. The van der Waals surface area contributed by atoms with Crippen LogP contribution in [0.1, 0.15) is 10.4 Å². The van der Waals surface area contributed by atoms with E-state index in [0.717, 1.165) is 0 Å². The maximum Gasteiger partial charge on any atom is 0.344 e. The van der Waals surface area contributed by atoms with Gasteiger partial charge in [0.15, 0.2) is 6.61 Å². The fourth-order valence-electron chi connectivity index (χ4n) is 2.89. The molecule has 1 aliphatic heterocycles. The highest BCUT2D eigenvalue weighted by Gasteiger charge is 2.25. The molecule has 29 heavy (non-hydrogen) atoms. The van der Waals surface area contributed by atoms with Crippen molar-refractivity contribution in [2.24, 2.45) is 0 Å². The van der Waals surface area contributed by atoms with Gasteiger partial charge in [0.1, 0.15) is 5.56 Å². The van der Waals surface area contributed by atoms with E-state index in [2.05, 4.69) is 10.3 Å². The summed E-state index contributed by atoms with van der Waals surface area (Å²) in [5.41, 5.74) is 0.874. The van der Waals surface area contributed by atoms with E-state index >= 15 is 0 Å². The summed E-state index contributed by atoms with van der Waals surface area (Å²) in [6.07, 6.45) is 1.49. The number of rotatable bonds is 5. The van der Waals surface area contributed by atoms with Crippen LogP contribution in [0.15, 0.2) is 48.7 Å². The van der Waals surface area contributed by atoms with Crippen LogP contribution < -0.4 is 10.1 Å². The van der Waals surface area contributed by atoms with Gasteiger partial charge in [0.2, 0.25) is 5.88 Å². The average molecular weight is 398 g/mol. The molecule has 1 N–H and O–H groups in total. The Bertz CT molecular complexity index is 866. The topological polar surface area (TPSA) is 101 Å². The number of piperazine rings is 1. The molecule has 9 nitrogen and oxygen atoms in total. The van der Waals surface area contributed by atoms with Crippen molar-refractivity contribution in [3.63, 3.8) is 0 Å². The van der Waals surface area contributed by atoms with Crippen LogP contribution in [0.25, 0.3) is 0 Å². The fraction of sp³-hybridized carbons (Fsp3) is 0.300. The number of ether oxygens (including phenoxy) is 2. The van der Waals surface area contributed by atoms with Crippen LogP contribution in [0, 0.1) is 0 Å². The second-order valence-electron chi connectivity index (χ2n) is 6.30. The molecular weight excluding hydrogens is 376 g/mol. The molecule has 0 unspecified atom stereocenters. The molecule has 3 amide bonds. The number of anilines is 1. The number of carbonyl (C=O) groups is 3. The summed E-state index contributed by atoms with van der Waals surface area (Å²) in [7, 11) is 1.40. The summed E-state index contributed by atoms with van der Waals surface area (Å²) in [5, 5.41) is 2.82.